The molecule has 0 aromatic heterocycles. The molecule has 5 heteroatoms. The monoisotopic (exact) mass is 268 g/mol. The van der Waals surface area contributed by atoms with Crippen LogP contribution in [-0.2, 0) is 4.79 Å². The predicted molar refractivity (Wildman–Crippen MR) is 77.1 cm³/mol. The van der Waals surface area contributed by atoms with E-state index in [1.165, 1.54) is 0 Å². The van der Waals surface area contributed by atoms with E-state index in [1.54, 1.807) is 0 Å². The van der Waals surface area contributed by atoms with Crippen molar-refractivity contribution in [1.29, 1.82) is 0 Å². The van der Waals surface area contributed by atoms with Crippen LogP contribution in [0.5, 0.6) is 0 Å². The van der Waals surface area contributed by atoms with Gasteiger partial charge in [-0.3, -0.25) is 14.6 Å². The molecular formula is C14H28N4O. The van der Waals surface area contributed by atoms with Crippen molar-refractivity contribution in [3.63, 3.8) is 0 Å². The SMILES string of the molecule is CC(C)CCNC(=O)CN1CCN(C2CNC2)CC1. The van der Waals surface area contributed by atoms with Crippen LogP contribution in [0.3, 0.4) is 0 Å². The summed E-state index contributed by atoms with van der Waals surface area (Å²) in [5, 5.41) is 6.33. The average Bonchev–Trinajstić information content (AvgIpc) is 2.29. The molecule has 1 amide bonds. The number of hydrogen-bond donors (Lipinski definition) is 2. The maximum absolute atomic E-state index is 11.8. The van der Waals surface area contributed by atoms with Gasteiger partial charge in [0.15, 0.2) is 0 Å². The number of nitrogens with one attached hydrogen (secondary N) is 2. The Morgan fingerprint density at radius 1 is 1.26 bits per heavy atom. The molecule has 2 heterocycles. The molecule has 0 atom stereocenters. The second kappa shape index (κ2) is 7.22. The Balaban J connectivity index is 1.58. The molecule has 0 saturated carbocycles. The number of carbonyl (C=O) groups is 1. The zero-order valence-electron chi connectivity index (χ0n) is 12.3. The number of nitrogens with zero attached hydrogens (tertiary/aromatic N) is 2. The zero-order chi connectivity index (χ0) is 13.7. The first-order chi connectivity index (χ1) is 9.15. The average molecular weight is 268 g/mol. The first-order valence-electron chi connectivity index (χ1n) is 7.59. The van der Waals surface area contributed by atoms with Crippen LogP contribution in [0.1, 0.15) is 20.3 Å². The van der Waals surface area contributed by atoms with Crippen molar-refractivity contribution in [1.82, 2.24) is 20.4 Å². The Morgan fingerprint density at radius 3 is 2.47 bits per heavy atom. The van der Waals surface area contributed by atoms with E-state index in [4.69, 9.17) is 0 Å². The van der Waals surface area contributed by atoms with Crippen LogP contribution < -0.4 is 10.6 Å². The lowest BCUT2D eigenvalue weighted by molar-refractivity contribution is -0.122. The third kappa shape index (κ3) is 4.75. The van der Waals surface area contributed by atoms with Crippen LogP contribution in [0, 0.1) is 5.92 Å². The molecule has 0 aliphatic carbocycles. The Hall–Kier alpha value is -0.650. The highest BCUT2D eigenvalue weighted by Crippen LogP contribution is 2.09. The smallest absolute Gasteiger partial charge is 0.234 e. The van der Waals surface area contributed by atoms with Gasteiger partial charge in [-0.25, -0.2) is 0 Å². The standard InChI is InChI=1S/C14H28N4O/c1-12(2)3-4-16-14(19)11-17-5-7-18(8-6-17)13-9-15-10-13/h12-13,15H,3-11H2,1-2H3,(H,16,19). The Bertz CT molecular complexity index is 283. The summed E-state index contributed by atoms with van der Waals surface area (Å²) in [4.78, 5) is 16.6. The molecule has 5 nitrogen and oxygen atoms in total. The first kappa shape index (κ1) is 14.8. The van der Waals surface area contributed by atoms with Gasteiger partial charge >= 0.3 is 0 Å². The second-order valence-corrected chi connectivity index (χ2v) is 6.16. The molecule has 2 rings (SSSR count). The molecular weight excluding hydrogens is 240 g/mol. The van der Waals surface area contributed by atoms with E-state index in [-0.39, 0.29) is 5.91 Å². The van der Waals surface area contributed by atoms with Crippen molar-refractivity contribution in [2.24, 2.45) is 5.92 Å². The van der Waals surface area contributed by atoms with Crippen molar-refractivity contribution in [2.75, 3.05) is 52.4 Å². The van der Waals surface area contributed by atoms with Gasteiger partial charge in [0.05, 0.1) is 6.54 Å². The van der Waals surface area contributed by atoms with Crippen LogP contribution in [0.4, 0.5) is 0 Å². The molecule has 2 aliphatic heterocycles. The van der Waals surface area contributed by atoms with E-state index in [0.717, 1.165) is 58.3 Å². The van der Waals surface area contributed by atoms with Crippen molar-refractivity contribution in [3.8, 4) is 0 Å². The van der Waals surface area contributed by atoms with E-state index in [2.05, 4.69) is 34.3 Å². The molecule has 0 aromatic rings. The van der Waals surface area contributed by atoms with Crippen molar-refractivity contribution < 1.29 is 4.79 Å². The lowest BCUT2D eigenvalue weighted by Gasteiger charge is -2.43. The fourth-order valence-corrected chi connectivity index (χ4v) is 2.58. The number of amides is 1. The molecule has 19 heavy (non-hydrogen) atoms. The predicted octanol–water partition coefficient (Wildman–Crippen LogP) is -0.262. The van der Waals surface area contributed by atoms with E-state index in [9.17, 15) is 4.79 Å². The minimum absolute atomic E-state index is 0.180. The number of piperazine rings is 1. The van der Waals surface area contributed by atoms with Gasteiger partial charge in [0.2, 0.25) is 5.91 Å². The molecule has 0 aromatic carbocycles. The largest absolute Gasteiger partial charge is 0.355 e. The van der Waals surface area contributed by atoms with Gasteiger partial charge in [-0.15, -0.1) is 0 Å². The molecule has 2 saturated heterocycles. The lowest BCUT2D eigenvalue weighted by atomic mass is 10.1. The van der Waals surface area contributed by atoms with E-state index < -0.39 is 0 Å². The Labute approximate surface area is 116 Å². The topological polar surface area (TPSA) is 47.6 Å². The highest BCUT2D eigenvalue weighted by Gasteiger charge is 2.27. The fraction of sp³-hybridized carbons (Fsp3) is 0.929. The van der Waals surface area contributed by atoms with Crippen molar-refractivity contribution in [2.45, 2.75) is 26.3 Å². The van der Waals surface area contributed by atoms with Crippen LogP contribution in [-0.4, -0.2) is 74.1 Å². The summed E-state index contributed by atoms with van der Waals surface area (Å²) in [6.45, 7) is 12.3. The zero-order valence-corrected chi connectivity index (χ0v) is 12.3. The Kier molecular flexibility index (Phi) is 5.60. The number of hydrogen-bond acceptors (Lipinski definition) is 4. The van der Waals surface area contributed by atoms with Gasteiger partial charge in [-0.2, -0.15) is 0 Å². The lowest BCUT2D eigenvalue weighted by Crippen LogP contribution is -2.62. The molecule has 2 aliphatic rings. The van der Waals surface area contributed by atoms with Gasteiger partial charge in [0.1, 0.15) is 0 Å². The maximum atomic E-state index is 11.8. The van der Waals surface area contributed by atoms with Crippen LogP contribution >= 0.6 is 0 Å². The summed E-state index contributed by atoms with van der Waals surface area (Å²) < 4.78 is 0. The van der Waals surface area contributed by atoms with Gasteiger partial charge in [0.25, 0.3) is 0 Å². The summed E-state index contributed by atoms with van der Waals surface area (Å²) in [6.07, 6.45) is 1.06. The van der Waals surface area contributed by atoms with Gasteiger partial charge in [0, 0.05) is 51.9 Å². The molecule has 0 spiro atoms. The summed E-state index contributed by atoms with van der Waals surface area (Å²) >= 11 is 0. The quantitative estimate of drug-likeness (QED) is 0.697. The van der Waals surface area contributed by atoms with Gasteiger partial charge in [-0.05, 0) is 12.3 Å². The highest BCUT2D eigenvalue weighted by atomic mass is 16.2. The summed E-state index contributed by atoms with van der Waals surface area (Å²) in [7, 11) is 0. The maximum Gasteiger partial charge on any atom is 0.234 e. The third-order valence-corrected chi connectivity index (χ3v) is 4.09. The minimum atomic E-state index is 0.180. The normalized spacial score (nSPS) is 22.5. The first-order valence-corrected chi connectivity index (χ1v) is 7.59. The van der Waals surface area contributed by atoms with E-state index in [0.29, 0.717) is 12.5 Å². The summed E-state index contributed by atoms with van der Waals surface area (Å²) in [6, 6.07) is 0.738. The van der Waals surface area contributed by atoms with Crippen molar-refractivity contribution in [3.05, 3.63) is 0 Å². The summed E-state index contributed by atoms with van der Waals surface area (Å²) in [5.74, 6) is 0.833. The second-order valence-electron chi connectivity index (χ2n) is 6.16. The fourth-order valence-electron chi connectivity index (χ4n) is 2.58. The molecule has 2 N–H and O–H groups in total. The molecule has 2 fully saturated rings. The third-order valence-electron chi connectivity index (χ3n) is 4.09. The van der Waals surface area contributed by atoms with Crippen LogP contribution in [0.15, 0.2) is 0 Å². The molecule has 110 valence electrons. The highest BCUT2D eigenvalue weighted by molar-refractivity contribution is 5.77. The number of rotatable bonds is 6. The van der Waals surface area contributed by atoms with Crippen molar-refractivity contribution >= 4 is 5.91 Å². The van der Waals surface area contributed by atoms with E-state index >= 15 is 0 Å². The summed E-state index contributed by atoms with van der Waals surface area (Å²) in [5.41, 5.74) is 0. The molecule has 0 bridgehead atoms. The van der Waals surface area contributed by atoms with Crippen LogP contribution in [0.25, 0.3) is 0 Å². The molecule has 0 radical (unpaired) electrons. The van der Waals surface area contributed by atoms with E-state index in [1.807, 2.05) is 0 Å². The number of carbonyl (C=O) groups excluding carboxylic acids is 1. The minimum Gasteiger partial charge on any atom is -0.355 e. The Morgan fingerprint density at radius 2 is 1.95 bits per heavy atom. The van der Waals surface area contributed by atoms with Crippen LogP contribution in [0.2, 0.25) is 0 Å². The van der Waals surface area contributed by atoms with Gasteiger partial charge in [-0.1, -0.05) is 13.8 Å². The molecule has 0 unspecified atom stereocenters. The van der Waals surface area contributed by atoms with Gasteiger partial charge < -0.3 is 10.6 Å².